The Morgan fingerprint density at radius 3 is 1.23 bits per heavy atom. The maximum Gasteiger partial charge on any atom is 0.266 e. The Labute approximate surface area is 436 Å². The van der Waals surface area contributed by atoms with E-state index in [0.29, 0.717) is 85.9 Å². The molecule has 0 heterocycles. The molecule has 0 radical (unpaired) electrons. The maximum absolute atomic E-state index is 13.6. The van der Waals surface area contributed by atoms with E-state index in [1.807, 2.05) is 0 Å². The van der Waals surface area contributed by atoms with Crippen molar-refractivity contribution < 1.29 is 55.3 Å². The van der Waals surface area contributed by atoms with Gasteiger partial charge in [0.25, 0.3) is 20.2 Å². The van der Waals surface area contributed by atoms with Crippen molar-refractivity contribution in [2.45, 2.75) is 201 Å². The van der Waals surface area contributed by atoms with Crippen LogP contribution in [0.3, 0.4) is 0 Å². The Hall–Kier alpha value is -2.38. The predicted octanol–water partition coefficient (Wildman–Crippen LogP) is 6.45. The van der Waals surface area contributed by atoms with Gasteiger partial charge in [-0.3, -0.25) is 28.3 Å². The van der Waals surface area contributed by atoms with Crippen LogP contribution in [-0.4, -0.2) is 109 Å². The Morgan fingerprint density at radius 1 is 0.507 bits per heavy atom. The molecule has 0 bridgehead atoms. The highest BCUT2D eigenvalue weighted by atomic mass is 32.2. The lowest BCUT2D eigenvalue weighted by atomic mass is 9.43. The predicted molar refractivity (Wildman–Crippen MR) is 277 cm³/mol. The van der Waals surface area contributed by atoms with Gasteiger partial charge in [0.15, 0.2) is 0 Å². The molecule has 416 valence electrons. The summed E-state index contributed by atoms with van der Waals surface area (Å²) >= 11 is 0. The molecule has 4 unspecified atom stereocenters. The second-order valence-electron chi connectivity index (χ2n) is 26.6. The zero-order chi connectivity index (χ0) is 53.1. The molecule has 0 aromatic heterocycles. The molecule has 20 atom stereocenters. The van der Waals surface area contributed by atoms with Gasteiger partial charge in [-0.15, -0.1) is 0 Å². The first-order chi connectivity index (χ1) is 34.1. The molecule has 8 N–H and O–H groups in total. The van der Waals surface area contributed by atoms with Gasteiger partial charge in [0, 0.05) is 38.0 Å². The third-order valence-corrected chi connectivity index (χ3v) is 24.4. The van der Waals surface area contributed by atoms with Gasteiger partial charge in [0.05, 0.1) is 23.7 Å². The molecule has 73 heavy (non-hydrogen) atoms. The molecule has 8 aliphatic carbocycles. The fourth-order valence-electron chi connectivity index (χ4n) is 19.3. The number of nitrogens with one attached hydrogen (secondary N) is 4. The summed E-state index contributed by atoms with van der Waals surface area (Å²) in [5.74, 6) is 2.16. The van der Waals surface area contributed by atoms with Gasteiger partial charge in [0.2, 0.25) is 23.6 Å². The Bertz CT molecular complexity index is 2110. The average molecular weight is 1070 g/mol. The molecule has 8 rings (SSSR count). The first kappa shape index (κ1) is 56.8. The number of aliphatic hydroxyl groups is 2. The number of rotatable bonds is 18. The minimum Gasteiger partial charge on any atom is -0.393 e. The van der Waals surface area contributed by atoms with Gasteiger partial charge in [-0.1, -0.05) is 41.5 Å². The normalized spacial score (nSPS) is 42.8. The second-order valence-corrected chi connectivity index (χ2v) is 29.8. The molecule has 16 nitrogen and oxygen atoms in total. The van der Waals surface area contributed by atoms with Gasteiger partial charge < -0.3 is 31.5 Å². The van der Waals surface area contributed by atoms with Gasteiger partial charge in [-0.2, -0.15) is 16.8 Å². The lowest BCUT2D eigenvalue weighted by Crippen LogP contribution is -2.60. The van der Waals surface area contributed by atoms with Crippen molar-refractivity contribution in [1.82, 2.24) is 21.3 Å². The smallest absolute Gasteiger partial charge is 0.266 e. The molecule has 0 aromatic carbocycles. The zero-order valence-electron chi connectivity index (χ0n) is 44.8. The van der Waals surface area contributed by atoms with Gasteiger partial charge in [-0.05, 0) is 208 Å². The number of aliphatic hydroxyl groups excluding tert-OH is 2. The van der Waals surface area contributed by atoms with Crippen LogP contribution in [0.2, 0.25) is 0 Å². The molecular formula is C55H92N4O12S2. The Kier molecular flexibility index (Phi) is 17.0. The van der Waals surface area contributed by atoms with E-state index in [-0.39, 0.29) is 101 Å². The van der Waals surface area contributed by atoms with Crippen molar-refractivity contribution in [3.63, 3.8) is 0 Å². The monoisotopic (exact) mass is 1060 g/mol. The van der Waals surface area contributed by atoms with E-state index in [2.05, 4.69) is 62.8 Å². The van der Waals surface area contributed by atoms with Crippen LogP contribution < -0.4 is 21.3 Å². The zero-order valence-corrected chi connectivity index (χ0v) is 46.4. The quantitative estimate of drug-likeness (QED) is 0.0544. The van der Waals surface area contributed by atoms with E-state index >= 15 is 0 Å². The topological polar surface area (TPSA) is 266 Å². The van der Waals surface area contributed by atoms with Crippen LogP contribution in [0.5, 0.6) is 0 Å². The van der Waals surface area contributed by atoms with E-state index < -0.39 is 43.9 Å². The number of amides is 4. The molecule has 4 amide bonds. The fourth-order valence-corrected chi connectivity index (χ4v) is 20.0. The molecule has 0 aromatic rings. The van der Waals surface area contributed by atoms with E-state index in [1.54, 1.807) is 0 Å². The SMILES string of the molecule is C[C@H](CCC(=O)NCCS(=O)(=O)O)[C@H]1CC[C@H]2[C@@H]3[C@@H](O)CC4CC(NC(=O)CC(=O)NC5CC[C@@]6(C)C(C5)C[C@H](O)[C@H]5[C@@H]7CC[C@H]([C@H](C)CCC(=O)NCCS(=O)(=O)O)[C@@]7(C)CC[C@@H]56)CC[C@]4(C)[C@H]3CC[C@]12C. The van der Waals surface area contributed by atoms with Crippen molar-refractivity contribution >= 4 is 43.9 Å². The van der Waals surface area contributed by atoms with E-state index in [0.717, 1.165) is 89.9 Å². The molecule has 8 fully saturated rings. The second kappa shape index (κ2) is 21.8. The lowest BCUT2D eigenvalue weighted by Gasteiger charge is -2.62. The number of carbonyl (C=O) groups excluding carboxylic acids is 4. The summed E-state index contributed by atoms with van der Waals surface area (Å²) in [4.78, 5) is 52.1. The highest BCUT2D eigenvalue weighted by Crippen LogP contribution is 2.70. The van der Waals surface area contributed by atoms with Crippen molar-refractivity contribution in [2.24, 2.45) is 92.7 Å². The van der Waals surface area contributed by atoms with Crippen LogP contribution in [0.4, 0.5) is 0 Å². The summed E-state index contributed by atoms with van der Waals surface area (Å²) in [7, 11) is -8.26. The average Bonchev–Trinajstić information content (AvgIpc) is 3.84. The van der Waals surface area contributed by atoms with Crippen LogP contribution in [0.25, 0.3) is 0 Å². The summed E-state index contributed by atoms with van der Waals surface area (Å²) in [6, 6.07) is -0.0834. The number of hydrogen-bond acceptors (Lipinski definition) is 10. The first-order valence-corrected chi connectivity index (χ1v) is 31.8. The van der Waals surface area contributed by atoms with Crippen molar-refractivity contribution in [2.75, 3.05) is 24.6 Å². The van der Waals surface area contributed by atoms with Gasteiger partial charge >= 0.3 is 0 Å². The fraction of sp³-hybridized carbons (Fsp3) is 0.927. The van der Waals surface area contributed by atoms with Crippen molar-refractivity contribution in [3.8, 4) is 0 Å². The third kappa shape index (κ3) is 11.9. The standard InChI is InChI=1S/C55H92N4O12S2/c1-32(7-13-46(62)56-23-25-72(66,67)68)38-9-11-40-50-42(17-21-54(38,40)5)52(3)19-15-36(27-34(52)29-44(50)60)58-48(64)31-49(65)59-37-16-20-53(4)35(28-37)30-45(61)51-41-12-10-39(55(41,6)22-18-43(51)53)33(2)8-14-47(63)57-24-26-73(69,70)71/h32-45,50-51,60-61H,7-31H2,1-6H3,(H,56,62)(H,57,63)(H,58,64)(H,59,65)(H,66,67,68)(H,69,70,71)/t32-,33-,34?,35?,36?,37?,38-,39-,40+,41+,42+,43+,44+,45+,50+,51+,52+,53+,54-,55-/m1/s1. The molecule has 0 aliphatic heterocycles. The summed E-state index contributed by atoms with van der Waals surface area (Å²) in [6.45, 7) is 13.9. The molecule has 0 saturated heterocycles. The highest BCUT2D eigenvalue weighted by Gasteiger charge is 2.65. The van der Waals surface area contributed by atoms with Gasteiger partial charge in [0.1, 0.15) is 6.42 Å². The summed E-state index contributed by atoms with van der Waals surface area (Å²) in [5.41, 5.74) is 0.266. The van der Waals surface area contributed by atoms with Crippen LogP contribution in [-0.2, 0) is 39.4 Å². The number of fused-ring (bicyclic) bond motifs is 10. The van der Waals surface area contributed by atoms with E-state index in [1.165, 1.54) is 0 Å². The summed E-state index contributed by atoms with van der Waals surface area (Å²) in [5, 5.41) is 35.7. The molecule has 8 aliphatic rings. The molecular weight excluding hydrogens is 973 g/mol. The highest BCUT2D eigenvalue weighted by molar-refractivity contribution is 7.86. The molecule has 0 spiro atoms. The summed E-state index contributed by atoms with van der Waals surface area (Å²) in [6.07, 6.45) is 16.2. The number of hydrogen-bond donors (Lipinski definition) is 8. The van der Waals surface area contributed by atoms with Crippen LogP contribution in [0.15, 0.2) is 0 Å². The van der Waals surface area contributed by atoms with Crippen molar-refractivity contribution in [3.05, 3.63) is 0 Å². The minimum atomic E-state index is -4.13. The number of carbonyl (C=O) groups is 4. The van der Waals surface area contributed by atoms with Crippen LogP contribution >= 0.6 is 0 Å². The largest absolute Gasteiger partial charge is 0.393 e. The van der Waals surface area contributed by atoms with Crippen LogP contribution in [0.1, 0.15) is 176 Å². The molecule has 18 heteroatoms. The van der Waals surface area contributed by atoms with Crippen molar-refractivity contribution in [1.29, 1.82) is 0 Å². The van der Waals surface area contributed by atoms with Crippen LogP contribution in [0, 0.1) is 92.7 Å². The third-order valence-electron chi connectivity index (χ3n) is 23.0. The molecule has 8 saturated carbocycles. The first-order valence-electron chi connectivity index (χ1n) is 28.5. The maximum atomic E-state index is 13.6. The van der Waals surface area contributed by atoms with E-state index in [4.69, 9.17) is 9.11 Å². The lowest BCUT2D eigenvalue weighted by molar-refractivity contribution is -0.167. The van der Waals surface area contributed by atoms with E-state index in [9.17, 15) is 46.2 Å². The van der Waals surface area contributed by atoms with Gasteiger partial charge in [-0.25, -0.2) is 0 Å². The summed E-state index contributed by atoms with van der Waals surface area (Å²) < 4.78 is 62.2. The Balaban J connectivity index is 0.780. The Morgan fingerprint density at radius 2 is 0.863 bits per heavy atom. The minimum absolute atomic E-state index is 0.0417.